The lowest BCUT2D eigenvalue weighted by atomic mass is 9.80. The van der Waals surface area contributed by atoms with Crippen LogP contribution in [-0.2, 0) is 4.74 Å². The van der Waals surface area contributed by atoms with E-state index in [1.807, 2.05) is 0 Å². The Morgan fingerprint density at radius 3 is 0.590 bits per heavy atom. The third-order valence-electron chi connectivity index (χ3n) is 9.35. The zero-order valence-corrected chi connectivity index (χ0v) is 28.6. The first-order valence-electron chi connectivity index (χ1n) is 18.8. The van der Waals surface area contributed by atoms with Crippen molar-refractivity contribution in [2.45, 2.75) is 245 Å². The number of ether oxygens (including phenoxy) is 1. The molecule has 0 N–H and O–H groups in total. The summed E-state index contributed by atoms with van der Waals surface area (Å²) in [6.07, 6.45) is 40.7. The second-order valence-corrected chi connectivity index (χ2v) is 13.3. The fourth-order valence-corrected chi connectivity index (χ4v) is 6.76. The summed E-state index contributed by atoms with van der Waals surface area (Å²) in [6.45, 7) is 14.1. The normalized spacial score (nSPS) is 12.5. The SMILES string of the molecule is CCCCCCC(CCCCCC)(CCCCCC)OC(CCCCCC)(CCCCCC)CCCCCC. The largest absolute Gasteiger partial charge is 0.369 e. The van der Waals surface area contributed by atoms with Gasteiger partial charge in [-0.25, -0.2) is 0 Å². The van der Waals surface area contributed by atoms with Gasteiger partial charge in [-0.1, -0.05) is 196 Å². The topological polar surface area (TPSA) is 9.23 Å². The lowest BCUT2D eigenvalue weighted by Crippen LogP contribution is -2.45. The Morgan fingerprint density at radius 1 is 0.256 bits per heavy atom. The van der Waals surface area contributed by atoms with Crippen LogP contribution in [0.4, 0.5) is 0 Å². The van der Waals surface area contributed by atoms with Gasteiger partial charge in [-0.2, -0.15) is 0 Å². The average Bonchev–Trinajstić information content (AvgIpc) is 2.94. The minimum atomic E-state index is 0.121. The monoisotopic (exact) mass is 551 g/mol. The van der Waals surface area contributed by atoms with Crippen LogP contribution < -0.4 is 0 Å². The first-order chi connectivity index (χ1) is 19.1. The van der Waals surface area contributed by atoms with Crippen molar-refractivity contribution in [1.82, 2.24) is 0 Å². The van der Waals surface area contributed by atoms with Gasteiger partial charge in [0.05, 0.1) is 11.2 Å². The minimum Gasteiger partial charge on any atom is -0.369 e. The van der Waals surface area contributed by atoms with Gasteiger partial charge in [0.25, 0.3) is 0 Å². The first kappa shape index (κ1) is 39.0. The highest BCUT2D eigenvalue weighted by Gasteiger charge is 2.40. The van der Waals surface area contributed by atoms with Crippen molar-refractivity contribution in [3.8, 4) is 0 Å². The van der Waals surface area contributed by atoms with Crippen LogP contribution in [0.25, 0.3) is 0 Å². The molecular weight excluding hydrogens is 472 g/mol. The molecule has 0 heterocycles. The smallest absolute Gasteiger partial charge is 0.0690 e. The lowest BCUT2D eigenvalue weighted by Gasteiger charge is -2.46. The predicted molar refractivity (Wildman–Crippen MR) is 179 cm³/mol. The van der Waals surface area contributed by atoms with Crippen LogP contribution in [0, 0.1) is 0 Å². The molecule has 0 aliphatic rings. The zero-order valence-electron chi connectivity index (χ0n) is 28.6. The second kappa shape index (κ2) is 28.1. The molecule has 39 heavy (non-hydrogen) atoms. The van der Waals surface area contributed by atoms with Gasteiger partial charge >= 0.3 is 0 Å². The molecule has 0 amide bonds. The van der Waals surface area contributed by atoms with Gasteiger partial charge in [-0.05, 0) is 38.5 Å². The molecule has 1 heteroatoms. The van der Waals surface area contributed by atoms with Crippen LogP contribution in [0.5, 0.6) is 0 Å². The van der Waals surface area contributed by atoms with Crippen molar-refractivity contribution in [2.24, 2.45) is 0 Å². The Balaban J connectivity index is 6.10. The van der Waals surface area contributed by atoms with E-state index < -0.39 is 0 Å². The summed E-state index contributed by atoms with van der Waals surface area (Å²) < 4.78 is 7.91. The highest BCUT2D eigenvalue weighted by atomic mass is 16.5. The summed E-state index contributed by atoms with van der Waals surface area (Å²) in [5.41, 5.74) is 0.241. The van der Waals surface area contributed by atoms with Crippen molar-refractivity contribution in [3.05, 3.63) is 0 Å². The molecule has 0 radical (unpaired) electrons. The summed E-state index contributed by atoms with van der Waals surface area (Å²) in [6, 6.07) is 0. The molecule has 0 fully saturated rings. The Bertz CT molecular complexity index is 365. The summed E-state index contributed by atoms with van der Waals surface area (Å²) in [5.74, 6) is 0. The van der Waals surface area contributed by atoms with E-state index in [-0.39, 0.29) is 11.2 Å². The van der Waals surface area contributed by atoms with Gasteiger partial charge in [-0.3, -0.25) is 0 Å². The molecule has 0 saturated carbocycles. The number of hydrogen-bond donors (Lipinski definition) is 0. The van der Waals surface area contributed by atoms with E-state index in [0.29, 0.717) is 0 Å². The Morgan fingerprint density at radius 2 is 0.436 bits per heavy atom. The Hall–Kier alpha value is -0.0400. The third-order valence-corrected chi connectivity index (χ3v) is 9.35. The zero-order chi connectivity index (χ0) is 28.9. The van der Waals surface area contributed by atoms with Crippen LogP contribution >= 0.6 is 0 Å². The maximum absolute atomic E-state index is 7.91. The molecule has 0 aliphatic carbocycles. The molecule has 0 rings (SSSR count). The van der Waals surface area contributed by atoms with E-state index in [1.165, 1.54) is 193 Å². The second-order valence-electron chi connectivity index (χ2n) is 13.3. The molecule has 0 unspecified atom stereocenters. The van der Waals surface area contributed by atoms with E-state index >= 15 is 0 Å². The van der Waals surface area contributed by atoms with Crippen LogP contribution in [-0.4, -0.2) is 11.2 Å². The highest BCUT2D eigenvalue weighted by Crippen LogP contribution is 2.43. The molecule has 0 aromatic heterocycles. The van der Waals surface area contributed by atoms with Crippen LogP contribution in [0.1, 0.15) is 234 Å². The number of unbranched alkanes of at least 4 members (excludes halogenated alkanes) is 18. The maximum atomic E-state index is 7.91. The summed E-state index contributed by atoms with van der Waals surface area (Å²) in [5, 5.41) is 0. The lowest BCUT2D eigenvalue weighted by molar-refractivity contribution is -0.182. The molecule has 0 aliphatic heterocycles. The summed E-state index contributed by atoms with van der Waals surface area (Å²) in [4.78, 5) is 0. The maximum Gasteiger partial charge on any atom is 0.0690 e. The van der Waals surface area contributed by atoms with Crippen molar-refractivity contribution in [1.29, 1.82) is 0 Å². The molecule has 236 valence electrons. The van der Waals surface area contributed by atoms with Crippen LogP contribution in [0.3, 0.4) is 0 Å². The van der Waals surface area contributed by atoms with E-state index in [4.69, 9.17) is 4.74 Å². The molecule has 0 spiro atoms. The van der Waals surface area contributed by atoms with Gasteiger partial charge in [-0.15, -0.1) is 0 Å². The Kier molecular flexibility index (Phi) is 28.1. The molecule has 1 nitrogen and oxygen atoms in total. The van der Waals surface area contributed by atoms with Crippen molar-refractivity contribution in [2.75, 3.05) is 0 Å². The van der Waals surface area contributed by atoms with E-state index in [1.54, 1.807) is 0 Å². The quantitative estimate of drug-likeness (QED) is 0.0757. The number of hydrogen-bond acceptors (Lipinski definition) is 1. The average molecular weight is 551 g/mol. The number of rotatable bonds is 32. The minimum absolute atomic E-state index is 0.121. The van der Waals surface area contributed by atoms with Crippen molar-refractivity contribution >= 4 is 0 Å². The summed E-state index contributed by atoms with van der Waals surface area (Å²) in [7, 11) is 0. The van der Waals surface area contributed by atoms with E-state index in [2.05, 4.69) is 41.5 Å². The fraction of sp³-hybridized carbons (Fsp3) is 1.00. The van der Waals surface area contributed by atoms with Gasteiger partial charge < -0.3 is 4.74 Å². The van der Waals surface area contributed by atoms with E-state index in [9.17, 15) is 0 Å². The van der Waals surface area contributed by atoms with Crippen molar-refractivity contribution in [3.63, 3.8) is 0 Å². The molecular formula is C38H78O. The molecule has 0 aromatic carbocycles. The van der Waals surface area contributed by atoms with Crippen LogP contribution in [0.15, 0.2) is 0 Å². The molecule has 0 saturated heterocycles. The highest BCUT2D eigenvalue weighted by molar-refractivity contribution is 4.90. The predicted octanol–water partition coefficient (Wildman–Crippen LogP) is 14.3. The first-order valence-corrected chi connectivity index (χ1v) is 18.8. The van der Waals surface area contributed by atoms with Gasteiger partial charge in [0.15, 0.2) is 0 Å². The van der Waals surface area contributed by atoms with Crippen LogP contribution in [0.2, 0.25) is 0 Å². The fourth-order valence-electron chi connectivity index (χ4n) is 6.76. The van der Waals surface area contributed by atoms with E-state index in [0.717, 1.165) is 0 Å². The van der Waals surface area contributed by atoms with Gasteiger partial charge in [0.2, 0.25) is 0 Å². The van der Waals surface area contributed by atoms with Gasteiger partial charge in [0.1, 0.15) is 0 Å². The van der Waals surface area contributed by atoms with Crippen molar-refractivity contribution < 1.29 is 4.74 Å². The molecule has 0 aromatic rings. The Labute approximate surface area is 249 Å². The summed E-state index contributed by atoms with van der Waals surface area (Å²) >= 11 is 0. The molecule has 0 atom stereocenters. The molecule has 0 bridgehead atoms. The van der Waals surface area contributed by atoms with Gasteiger partial charge in [0, 0.05) is 0 Å². The third kappa shape index (κ3) is 21.3. The standard InChI is InChI=1S/C38H78O/c1-7-13-19-25-31-37(32-26-20-14-8-2,33-27-21-15-9-3)39-38(34-28-22-16-10-4,35-29-23-17-11-5)36-30-24-18-12-6/h7-36H2,1-6H3.